The molecular weight excluding hydrogens is 340 g/mol. The summed E-state index contributed by atoms with van der Waals surface area (Å²) in [6, 6.07) is 10.5. The molecule has 0 bridgehead atoms. The summed E-state index contributed by atoms with van der Waals surface area (Å²) < 4.78 is 28.5. The van der Waals surface area contributed by atoms with Crippen LogP contribution < -0.4 is 5.32 Å². The van der Waals surface area contributed by atoms with Gasteiger partial charge in [-0.15, -0.1) is 0 Å². The van der Waals surface area contributed by atoms with Crippen LogP contribution in [0, 0.1) is 10.1 Å². The minimum Gasteiger partial charge on any atom is -0.375 e. The van der Waals surface area contributed by atoms with Gasteiger partial charge < -0.3 is 10.1 Å². The Bertz CT molecular complexity index is 787. The molecule has 0 fully saturated rings. The Kier molecular flexibility index (Phi) is 5.34. The van der Waals surface area contributed by atoms with Gasteiger partial charge in [0.25, 0.3) is 0 Å². The van der Waals surface area contributed by atoms with Crippen molar-refractivity contribution in [1.29, 1.82) is 0 Å². The van der Waals surface area contributed by atoms with Crippen molar-refractivity contribution in [2.24, 2.45) is 0 Å². The SMILES string of the molecule is COC(CNc1sc(S(C)(=O)=O)cc1[N+](=O)[O-])c1ccccc1. The van der Waals surface area contributed by atoms with E-state index in [4.69, 9.17) is 4.74 Å². The fourth-order valence-electron chi connectivity index (χ4n) is 1.99. The normalized spacial score (nSPS) is 12.8. The lowest BCUT2D eigenvalue weighted by Crippen LogP contribution is -2.14. The van der Waals surface area contributed by atoms with Crippen molar-refractivity contribution < 1.29 is 18.1 Å². The van der Waals surface area contributed by atoms with Crippen LogP contribution in [0.5, 0.6) is 0 Å². The first-order valence-electron chi connectivity index (χ1n) is 6.63. The predicted octanol–water partition coefficient (Wildman–Crippen LogP) is 2.86. The van der Waals surface area contributed by atoms with E-state index in [0.29, 0.717) is 0 Å². The highest BCUT2D eigenvalue weighted by molar-refractivity contribution is 7.92. The standard InChI is InChI=1S/C14H16N2O5S2/c1-21-12(10-6-4-3-5-7-10)9-15-14-11(16(17)18)8-13(22-14)23(2,19)20/h3-8,12,15H,9H2,1-2H3. The van der Waals surface area contributed by atoms with E-state index >= 15 is 0 Å². The van der Waals surface area contributed by atoms with E-state index in [1.165, 1.54) is 0 Å². The molecule has 23 heavy (non-hydrogen) atoms. The minimum absolute atomic E-state index is 0.0413. The molecule has 1 aromatic carbocycles. The number of methoxy groups -OCH3 is 1. The topological polar surface area (TPSA) is 98.5 Å². The van der Waals surface area contributed by atoms with Crippen LogP contribution in [0.3, 0.4) is 0 Å². The van der Waals surface area contributed by atoms with Gasteiger partial charge in [-0.25, -0.2) is 8.42 Å². The minimum atomic E-state index is -3.49. The first-order chi connectivity index (χ1) is 10.8. The highest BCUT2D eigenvalue weighted by Crippen LogP contribution is 2.37. The summed E-state index contributed by atoms with van der Waals surface area (Å²) in [5, 5.41) is 14.2. The fourth-order valence-corrected chi connectivity index (χ4v) is 3.94. The lowest BCUT2D eigenvalue weighted by atomic mass is 10.1. The highest BCUT2D eigenvalue weighted by Gasteiger charge is 2.24. The van der Waals surface area contributed by atoms with Crippen LogP contribution in [0.15, 0.2) is 40.6 Å². The zero-order valence-corrected chi connectivity index (χ0v) is 14.2. The molecule has 9 heteroatoms. The number of hydrogen-bond acceptors (Lipinski definition) is 7. The number of thiophene rings is 1. The van der Waals surface area contributed by atoms with Gasteiger partial charge in [-0.05, 0) is 5.56 Å². The van der Waals surface area contributed by atoms with Crippen LogP contribution in [0.4, 0.5) is 10.7 Å². The molecule has 0 saturated heterocycles. The molecule has 1 atom stereocenters. The van der Waals surface area contributed by atoms with E-state index in [1.54, 1.807) is 7.11 Å². The number of nitro groups is 1. The number of anilines is 1. The molecular formula is C14H16N2O5S2. The van der Waals surface area contributed by atoms with E-state index in [0.717, 1.165) is 29.2 Å². The quantitative estimate of drug-likeness (QED) is 0.605. The van der Waals surface area contributed by atoms with Gasteiger partial charge in [0.2, 0.25) is 0 Å². The van der Waals surface area contributed by atoms with Crippen molar-refractivity contribution in [3.05, 3.63) is 52.1 Å². The van der Waals surface area contributed by atoms with Gasteiger partial charge in [-0.2, -0.15) is 0 Å². The molecule has 1 aromatic heterocycles. The van der Waals surface area contributed by atoms with E-state index in [2.05, 4.69) is 5.32 Å². The zero-order valence-electron chi connectivity index (χ0n) is 12.6. The molecule has 7 nitrogen and oxygen atoms in total. The summed E-state index contributed by atoms with van der Waals surface area (Å²) >= 11 is 0.846. The van der Waals surface area contributed by atoms with Gasteiger partial charge in [0, 0.05) is 26.0 Å². The van der Waals surface area contributed by atoms with Gasteiger partial charge in [-0.1, -0.05) is 41.7 Å². The maximum atomic E-state index is 11.6. The summed E-state index contributed by atoms with van der Waals surface area (Å²) in [6.45, 7) is 0.283. The highest BCUT2D eigenvalue weighted by atomic mass is 32.2. The molecule has 2 rings (SSSR count). The van der Waals surface area contributed by atoms with Crippen molar-refractivity contribution in [3.63, 3.8) is 0 Å². The van der Waals surface area contributed by atoms with E-state index in [9.17, 15) is 18.5 Å². The third kappa shape index (κ3) is 4.27. The van der Waals surface area contributed by atoms with Crippen LogP contribution in [-0.2, 0) is 14.6 Å². The van der Waals surface area contributed by atoms with Gasteiger partial charge in [-0.3, -0.25) is 10.1 Å². The van der Waals surface area contributed by atoms with E-state index in [1.807, 2.05) is 30.3 Å². The lowest BCUT2D eigenvalue weighted by molar-refractivity contribution is -0.383. The molecule has 0 aliphatic rings. The van der Waals surface area contributed by atoms with Crippen molar-refractivity contribution in [1.82, 2.24) is 0 Å². The number of sulfone groups is 1. The Morgan fingerprint density at radius 2 is 2.00 bits per heavy atom. The number of rotatable bonds is 7. The molecule has 2 aromatic rings. The van der Waals surface area contributed by atoms with Gasteiger partial charge in [0.1, 0.15) is 4.21 Å². The van der Waals surface area contributed by atoms with Crippen LogP contribution in [-0.4, -0.2) is 33.3 Å². The predicted molar refractivity (Wildman–Crippen MR) is 88.8 cm³/mol. The second kappa shape index (κ2) is 7.07. The van der Waals surface area contributed by atoms with Gasteiger partial charge >= 0.3 is 5.69 Å². The first-order valence-corrected chi connectivity index (χ1v) is 9.33. The molecule has 124 valence electrons. The van der Waals surface area contributed by atoms with Crippen molar-refractivity contribution in [3.8, 4) is 0 Å². The van der Waals surface area contributed by atoms with Gasteiger partial charge in [0.15, 0.2) is 14.8 Å². The summed E-state index contributed by atoms with van der Waals surface area (Å²) in [6.07, 6.45) is 0.716. The Labute approximate surface area is 138 Å². The molecule has 0 radical (unpaired) electrons. The molecule has 0 aliphatic heterocycles. The van der Waals surface area contributed by atoms with Crippen LogP contribution in [0.1, 0.15) is 11.7 Å². The molecule has 1 N–H and O–H groups in total. The number of benzene rings is 1. The Hall–Kier alpha value is -1.97. The Morgan fingerprint density at radius 1 is 1.35 bits per heavy atom. The number of nitrogens with zero attached hydrogens (tertiary/aromatic N) is 1. The molecule has 0 aliphatic carbocycles. The van der Waals surface area contributed by atoms with Crippen molar-refractivity contribution in [2.45, 2.75) is 10.3 Å². The molecule has 0 saturated carbocycles. The molecule has 0 spiro atoms. The summed E-state index contributed by atoms with van der Waals surface area (Å²) in [4.78, 5) is 10.5. The van der Waals surface area contributed by atoms with Crippen LogP contribution in [0.25, 0.3) is 0 Å². The van der Waals surface area contributed by atoms with E-state index < -0.39 is 14.8 Å². The molecule has 0 amide bonds. The summed E-state index contributed by atoms with van der Waals surface area (Å²) in [5.41, 5.74) is 0.670. The van der Waals surface area contributed by atoms with Crippen molar-refractivity contribution in [2.75, 3.05) is 25.2 Å². The zero-order chi connectivity index (χ0) is 17.0. The van der Waals surface area contributed by atoms with Crippen LogP contribution in [0.2, 0.25) is 0 Å². The first kappa shape index (κ1) is 17.4. The molecule has 1 unspecified atom stereocenters. The summed E-state index contributed by atoms with van der Waals surface area (Å²) in [7, 11) is -1.95. The average molecular weight is 356 g/mol. The van der Waals surface area contributed by atoms with Crippen molar-refractivity contribution >= 4 is 31.9 Å². The third-order valence-electron chi connectivity index (χ3n) is 3.16. The smallest absolute Gasteiger partial charge is 0.304 e. The summed E-state index contributed by atoms with van der Waals surface area (Å²) in [5.74, 6) is 0. The maximum absolute atomic E-state index is 11.6. The second-order valence-corrected chi connectivity index (χ2v) is 8.12. The Balaban J connectivity index is 2.22. The number of hydrogen-bond donors (Lipinski definition) is 1. The second-order valence-electron chi connectivity index (χ2n) is 4.83. The largest absolute Gasteiger partial charge is 0.375 e. The number of ether oxygens (including phenoxy) is 1. The Morgan fingerprint density at radius 3 is 2.52 bits per heavy atom. The van der Waals surface area contributed by atoms with Gasteiger partial charge in [0.05, 0.1) is 11.0 Å². The van der Waals surface area contributed by atoms with E-state index in [-0.39, 0.29) is 27.5 Å². The third-order valence-corrected chi connectivity index (χ3v) is 6.04. The monoisotopic (exact) mass is 356 g/mol. The fraction of sp³-hybridized carbons (Fsp3) is 0.286. The number of nitrogens with one attached hydrogen (secondary N) is 1. The molecule has 1 heterocycles. The lowest BCUT2D eigenvalue weighted by Gasteiger charge is -2.16. The maximum Gasteiger partial charge on any atom is 0.304 e. The van der Waals surface area contributed by atoms with Crippen LogP contribution >= 0.6 is 11.3 Å². The average Bonchev–Trinajstić information content (AvgIpc) is 2.93.